The summed E-state index contributed by atoms with van der Waals surface area (Å²) in [5.41, 5.74) is 1.03. The zero-order valence-electron chi connectivity index (χ0n) is 15.3. The maximum absolute atomic E-state index is 11.6. The van der Waals surface area contributed by atoms with Crippen LogP contribution in [0.15, 0.2) is 47.4 Å². The second-order valence-corrected chi connectivity index (χ2v) is 7.35. The summed E-state index contributed by atoms with van der Waals surface area (Å²) in [6, 6.07) is 11.1. The zero-order valence-corrected chi connectivity index (χ0v) is 18.1. The molecule has 0 bridgehead atoms. The topological polar surface area (TPSA) is 86.7 Å². The minimum absolute atomic E-state index is 0. The van der Waals surface area contributed by atoms with Crippen molar-refractivity contribution in [2.24, 2.45) is 0 Å². The first kappa shape index (κ1) is 23.0. The van der Waals surface area contributed by atoms with E-state index >= 15 is 0 Å². The molecule has 0 amide bonds. The monoisotopic (exact) mass is 386 g/mol. The Morgan fingerprint density at radius 2 is 1.73 bits per heavy atom. The molecule has 0 saturated carbocycles. The molecule has 7 heteroatoms. The van der Waals surface area contributed by atoms with Gasteiger partial charge < -0.3 is 9.84 Å². The average molecular weight is 386 g/mol. The number of rotatable bonds is 9. The second kappa shape index (κ2) is 10.9. The van der Waals surface area contributed by atoms with Crippen LogP contribution in [0.2, 0.25) is 0 Å². The van der Waals surface area contributed by atoms with Gasteiger partial charge in [-0.25, -0.2) is 0 Å². The molecule has 136 valence electrons. The van der Waals surface area contributed by atoms with Crippen LogP contribution in [-0.4, -0.2) is 13.0 Å². The molecule has 0 atom stereocenters. The van der Waals surface area contributed by atoms with E-state index in [0.717, 1.165) is 37.0 Å². The molecule has 1 N–H and O–H groups in total. The molecular weight excluding hydrogens is 363 g/mol. The summed E-state index contributed by atoms with van der Waals surface area (Å²) in [4.78, 5) is -0.679. The third kappa shape index (κ3) is 6.93. The van der Waals surface area contributed by atoms with Crippen molar-refractivity contribution in [2.45, 2.75) is 50.3 Å². The van der Waals surface area contributed by atoms with E-state index in [1.165, 1.54) is 25.3 Å². The van der Waals surface area contributed by atoms with Gasteiger partial charge in [-0.2, -0.15) is 8.42 Å². The van der Waals surface area contributed by atoms with Gasteiger partial charge in [-0.15, -0.1) is 0 Å². The minimum atomic E-state index is -4.57. The number of hydrogen-bond acceptors (Lipinski definition) is 4. The van der Waals surface area contributed by atoms with Crippen molar-refractivity contribution in [3.63, 3.8) is 0 Å². The zero-order chi connectivity index (χ0) is 18.3. The molecule has 0 saturated heterocycles. The molecule has 2 aromatic rings. The molecule has 0 aliphatic rings. The van der Waals surface area contributed by atoms with Crippen LogP contribution in [0.1, 0.15) is 44.6 Å². The molecule has 0 aliphatic heterocycles. The van der Waals surface area contributed by atoms with Crippen LogP contribution >= 0.6 is 0 Å². The quantitative estimate of drug-likeness (QED) is 0.399. The Morgan fingerprint density at radius 1 is 1.04 bits per heavy atom. The summed E-state index contributed by atoms with van der Waals surface area (Å²) >= 11 is 0. The largest absolute Gasteiger partial charge is 1.00 e. The molecule has 0 aliphatic carbocycles. The number of hydrogen-bond donors (Lipinski definition) is 1. The predicted octanol–water partition coefficient (Wildman–Crippen LogP) is 1.32. The number of para-hydroxylation sites is 1. The van der Waals surface area contributed by atoms with Gasteiger partial charge in [0.2, 0.25) is 0 Å². The van der Waals surface area contributed by atoms with E-state index in [4.69, 9.17) is 9.29 Å². The van der Waals surface area contributed by atoms with Crippen molar-refractivity contribution in [1.82, 2.24) is 0 Å². The third-order valence-corrected chi connectivity index (χ3v) is 4.82. The van der Waals surface area contributed by atoms with Gasteiger partial charge in [0, 0.05) is 6.07 Å². The first-order valence-corrected chi connectivity index (χ1v) is 9.90. The van der Waals surface area contributed by atoms with Crippen molar-refractivity contribution in [3.05, 3.63) is 48.0 Å². The van der Waals surface area contributed by atoms with Crippen LogP contribution in [0.3, 0.4) is 0 Å². The second-order valence-electron chi connectivity index (χ2n) is 5.96. The van der Waals surface area contributed by atoms with Gasteiger partial charge in [0.15, 0.2) is 0 Å². The first-order chi connectivity index (χ1) is 11.9. The average Bonchev–Trinajstić information content (AvgIpc) is 2.57. The summed E-state index contributed by atoms with van der Waals surface area (Å²) in [6.45, 7) is 2.18. The molecule has 0 aromatic heterocycles. The van der Waals surface area contributed by atoms with E-state index < -0.39 is 20.8 Å². The Balaban J connectivity index is 0.00000338. The molecule has 0 fully saturated rings. The number of ether oxygens (including phenoxy) is 1. The summed E-state index contributed by atoms with van der Waals surface area (Å²) in [6.07, 6.45) is 6.71. The van der Waals surface area contributed by atoms with E-state index in [1.54, 1.807) is 6.07 Å². The summed E-state index contributed by atoms with van der Waals surface area (Å²) in [5.74, 6) is 0.0580. The van der Waals surface area contributed by atoms with Crippen molar-refractivity contribution < 1.29 is 52.4 Å². The van der Waals surface area contributed by atoms with E-state index in [2.05, 4.69) is 6.92 Å². The fraction of sp³-hybridized carbons (Fsp3) is 0.368. The predicted molar refractivity (Wildman–Crippen MR) is 94.7 cm³/mol. The van der Waals surface area contributed by atoms with Gasteiger partial charge in [-0.3, -0.25) is 4.55 Å². The van der Waals surface area contributed by atoms with Crippen molar-refractivity contribution in [2.75, 3.05) is 0 Å². The molecule has 26 heavy (non-hydrogen) atoms. The Bertz CT molecular complexity index is 805. The molecule has 2 aromatic carbocycles. The Labute approximate surface area is 177 Å². The standard InChI is InChI=1S/C19H24O5S.Na/c1-2-3-4-5-6-9-15-10-7-8-11-18(15)24-16-12-13-17(20)19(14-16)25(21,22)23;/h7-8,10-14,20H,2-6,9H2,1H3,(H,21,22,23);/q;+1/p-1. The van der Waals surface area contributed by atoms with Crippen LogP contribution in [0.4, 0.5) is 0 Å². The molecule has 2 rings (SSSR count). The van der Waals surface area contributed by atoms with Gasteiger partial charge in [0.25, 0.3) is 10.1 Å². The molecule has 5 nitrogen and oxygen atoms in total. The molecule has 0 unspecified atom stereocenters. The normalized spacial score (nSPS) is 11.0. The van der Waals surface area contributed by atoms with Crippen LogP contribution in [-0.2, 0) is 16.5 Å². The third-order valence-electron chi connectivity index (χ3n) is 3.94. The molecule has 0 radical (unpaired) electrons. The van der Waals surface area contributed by atoms with Crippen molar-refractivity contribution in [3.8, 4) is 17.2 Å². The van der Waals surface area contributed by atoms with Gasteiger partial charge in [0.05, 0.1) is 4.90 Å². The first-order valence-electron chi connectivity index (χ1n) is 8.46. The van der Waals surface area contributed by atoms with Crippen LogP contribution in [0, 0.1) is 0 Å². The number of unbranched alkanes of at least 4 members (excludes halogenated alkanes) is 4. The fourth-order valence-electron chi connectivity index (χ4n) is 2.61. The molecule has 0 heterocycles. The fourth-order valence-corrected chi connectivity index (χ4v) is 3.20. The Hall–Kier alpha value is -1.05. The molecule has 0 spiro atoms. The van der Waals surface area contributed by atoms with Crippen molar-refractivity contribution >= 4 is 10.1 Å². The van der Waals surface area contributed by atoms with Gasteiger partial charge >= 0.3 is 29.6 Å². The smallest absolute Gasteiger partial charge is 0.872 e. The summed E-state index contributed by atoms with van der Waals surface area (Å²) in [7, 11) is -4.57. The van der Waals surface area contributed by atoms with Crippen LogP contribution < -0.4 is 39.4 Å². The van der Waals surface area contributed by atoms with Crippen LogP contribution in [0.25, 0.3) is 0 Å². The number of aryl methyl sites for hydroxylation is 1. The van der Waals surface area contributed by atoms with Gasteiger partial charge in [-0.05, 0) is 30.5 Å². The minimum Gasteiger partial charge on any atom is -0.872 e. The van der Waals surface area contributed by atoms with Crippen molar-refractivity contribution in [1.29, 1.82) is 0 Å². The summed E-state index contributed by atoms with van der Waals surface area (Å²) in [5, 5.41) is 11.6. The van der Waals surface area contributed by atoms with Gasteiger partial charge in [-0.1, -0.05) is 62.6 Å². The summed E-state index contributed by atoms with van der Waals surface area (Å²) < 4.78 is 37.4. The Morgan fingerprint density at radius 3 is 2.42 bits per heavy atom. The SMILES string of the molecule is CCCCCCCc1ccccc1Oc1ccc([O-])c(S(=O)(=O)O)c1.[Na+]. The van der Waals surface area contributed by atoms with E-state index in [0.29, 0.717) is 5.75 Å². The van der Waals surface area contributed by atoms with E-state index in [9.17, 15) is 13.5 Å². The Kier molecular flexibility index (Phi) is 9.68. The maximum Gasteiger partial charge on any atom is 1.00 e. The molecular formula is C19H23NaO5S. The maximum atomic E-state index is 11.6. The van der Waals surface area contributed by atoms with E-state index in [-0.39, 0.29) is 35.3 Å². The van der Waals surface area contributed by atoms with Gasteiger partial charge in [0.1, 0.15) is 11.5 Å². The number of benzene rings is 2. The van der Waals surface area contributed by atoms with Crippen LogP contribution in [0.5, 0.6) is 17.2 Å². The van der Waals surface area contributed by atoms with E-state index in [1.807, 2.05) is 18.2 Å².